The van der Waals surface area contributed by atoms with E-state index in [1.54, 1.807) is 25.1 Å². The summed E-state index contributed by atoms with van der Waals surface area (Å²) in [7, 11) is 3.76. The average molecular weight is 459 g/mol. The summed E-state index contributed by atoms with van der Waals surface area (Å²) >= 11 is 1.41. The van der Waals surface area contributed by atoms with Crippen molar-refractivity contribution in [2.45, 2.75) is 46.1 Å². The number of fused-ring (bicyclic) bond motifs is 1. The number of hydrogen-bond acceptors (Lipinski definition) is 7. The van der Waals surface area contributed by atoms with Crippen LogP contribution in [0.25, 0.3) is 0 Å². The number of nitrogens with one attached hydrogen (secondary N) is 1. The minimum absolute atomic E-state index is 0.257. The highest BCUT2D eigenvalue weighted by Crippen LogP contribution is 2.40. The van der Waals surface area contributed by atoms with Crippen molar-refractivity contribution in [3.8, 4) is 0 Å². The molecule has 0 bridgehead atoms. The lowest BCUT2D eigenvalue weighted by Crippen LogP contribution is -2.30. The van der Waals surface area contributed by atoms with Gasteiger partial charge in [0.05, 0.1) is 17.7 Å². The molecular weight excluding hydrogens is 428 g/mol. The van der Waals surface area contributed by atoms with Crippen LogP contribution < -0.4 is 10.2 Å². The number of hydrogen-bond donors (Lipinski definition) is 1. The number of benzene rings is 1. The van der Waals surface area contributed by atoms with Gasteiger partial charge in [0.15, 0.2) is 6.10 Å². The zero-order chi connectivity index (χ0) is 23.4. The van der Waals surface area contributed by atoms with Crippen LogP contribution in [0.5, 0.6) is 0 Å². The van der Waals surface area contributed by atoms with E-state index in [0.717, 1.165) is 35.4 Å². The van der Waals surface area contributed by atoms with Crippen molar-refractivity contribution >= 4 is 39.9 Å². The first-order valence-corrected chi connectivity index (χ1v) is 11.6. The smallest absolute Gasteiger partial charge is 0.341 e. The molecule has 0 fully saturated rings. The minimum Gasteiger partial charge on any atom is -0.462 e. The van der Waals surface area contributed by atoms with Crippen LogP contribution >= 0.6 is 11.3 Å². The van der Waals surface area contributed by atoms with Gasteiger partial charge in [0.25, 0.3) is 5.91 Å². The Morgan fingerprint density at radius 1 is 1.25 bits per heavy atom. The summed E-state index contributed by atoms with van der Waals surface area (Å²) in [6.45, 7) is 5.71. The number of thiophene rings is 1. The first kappa shape index (κ1) is 23.8. The largest absolute Gasteiger partial charge is 0.462 e. The van der Waals surface area contributed by atoms with Crippen LogP contribution in [0.15, 0.2) is 24.3 Å². The number of anilines is 2. The fourth-order valence-electron chi connectivity index (χ4n) is 3.66. The molecular formula is C24H30N2O5S. The molecule has 1 aromatic carbocycles. The predicted molar refractivity (Wildman–Crippen MR) is 126 cm³/mol. The van der Waals surface area contributed by atoms with Gasteiger partial charge in [-0.15, -0.1) is 11.3 Å². The molecule has 1 aromatic heterocycles. The summed E-state index contributed by atoms with van der Waals surface area (Å²) in [6, 6.07) is 7.00. The Hall–Kier alpha value is -2.87. The van der Waals surface area contributed by atoms with Crippen LogP contribution in [-0.4, -0.2) is 44.7 Å². The number of ether oxygens (including phenoxy) is 2. The summed E-state index contributed by atoms with van der Waals surface area (Å²) < 4.78 is 10.6. The van der Waals surface area contributed by atoms with Crippen molar-refractivity contribution in [1.82, 2.24) is 0 Å². The highest BCUT2D eigenvalue weighted by atomic mass is 32.1. The number of carbonyl (C=O) groups excluding carboxylic acids is 3. The monoisotopic (exact) mass is 458 g/mol. The standard InChI is InChI=1S/C24H30N2O5S/c1-6-30-24(29)20-18-11-10-14(2)12-19(18)32-22(20)25-21(27)15(3)31-23(28)16-8-7-9-17(13-16)26(4)5/h7-9,13-15H,6,10-12H2,1-5H3,(H,25,27). The lowest BCUT2D eigenvalue weighted by molar-refractivity contribution is -0.123. The summed E-state index contributed by atoms with van der Waals surface area (Å²) in [5, 5.41) is 3.26. The van der Waals surface area contributed by atoms with E-state index in [9.17, 15) is 14.4 Å². The molecule has 2 aromatic rings. The van der Waals surface area contributed by atoms with E-state index < -0.39 is 23.9 Å². The first-order chi connectivity index (χ1) is 15.2. The fraction of sp³-hybridized carbons (Fsp3) is 0.458. The van der Waals surface area contributed by atoms with Crippen LogP contribution in [0.4, 0.5) is 10.7 Å². The molecule has 1 heterocycles. The van der Waals surface area contributed by atoms with Crippen molar-refractivity contribution in [3.05, 3.63) is 45.8 Å². The third kappa shape index (κ3) is 5.30. The number of amides is 1. The highest BCUT2D eigenvalue weighted by Gasteiger charge is 2.30. The van der Waals surface area contributed by atoms with Crippen molar-refractivity contribution in [2.75, 3.05) is 30.9 Å². The maximum Gasteiger partial charge on any atom is 0.341 e. The lowest BCUT2D eigenvalue weighted by atomic mass is 9.88. The van der Waals surface area contributed by atoms with E-state index in [-0.39, 0.29) is 6.61 Å². The predicted octanol–water partition coefficient (Wildman–Crippen LogP) is 4.30. The molecule has 8 heteroatoms. The highest BCUT2D eigenvalue weighted by molar-refractivity contribution is 7.17. The molecule has 0 aliphatic heterocycles. The van der Waals surface area contributed by atoms with Crippen LogP contribution in [-0.2, 0) is 27.1 Å². The molecule has 7 nitrogen and oxygen atoms in total. The number of carbonyl (C=O) groups is 3. The maximum absolute atomic E-state index is 12.8. The Labute approximate surface area is 192 Å². The quantitative estimate of drug-likeness (QED) is 0.623. The molecule has 1 aliphatic rings. The SMILES string of the molecule is CCOC(=O)c1c(NC(=O)C(C)OC(=O)c2cccc(N(C)C)c2)sc2c1CCC(C)C2. The van der Waals surface area contributed by atoms with Gasteiger partial charge in [-0.2, -0.15) is 0 Å². The van der Waals surface area contributed by atoms with Gasteiger partial charge in [0.2, 0.25) is 0 Å². The molecule has 1 amide bonds. The third-order valence-electron chi connectivity index (χ3n) is 5.48. The van der Waals surface area contributed by atoms with Crippen molar-refractivity contribution < 1.29 is 23.9 Å². The first-order valence-electron chi connectivity index (χ1n) is 10.8. The van der Waals surface area contributed by atoms with Gasteiger partial charge in [-0.05, 0) is 62.8 Å². The minimum atomic E-state index is -1.03. The van der Waals surface area contributed by atoms with Crippen LogP contribution in [0.3, 0.4) is 0 Å². The number of esters is 2. The fourth-order valence-corrected chi connectivity index (χ4v) is 5.07. The average Bonchev–Trinajstić information content (AvgIpc) is 3.10. The Kier molecular flexibility index (Phi) is 7.56. The van der Waals surface area contributed by atoms with Gasteiger partial charge in [0, 0.05) is 24.7 Å². The molecule has 0 saturated carbocycles. The number of rotatable bonds is 7. The summed E-state index contributed by atoms with van der Waals surface area (Å²) in [5.74, 6) is -0.974. The molecule has 172 valence electrons. The van der Waals surface area contributed by atoms with Crippen LogP contribution in [0, 0.1) is 5.92 Å². The van der Waals surface area contributed by atoms with E-state index in [1.807, 2.05) is 25.1 Å². The van der Waals surface area contributed by atoms with Crippen LogP contribution in [0.2, 0.25) is 0 Å². The summed E-state index contributed by atoms with van der Waals surface area (Å²) in [5.41, 5.74) is 2.62. The zero-order valence-corrected chi connectivity index (χ0v) is 20.0. The van der Waals surface area contributed by atoms with Crippen molar-refractivity contribution in [3.63, 3.8) is 0 Å². The van der Waals surface area contributed by atoms with Gasteiger partial charge in [0.1, 0.15) is 5.00 Å². The second-order valence-corrected chi connectivity index (χ2v) is 9.36. The second-order valence-electron chi connectivity index (χ2n) is 8.26. The topological polar surface area (TPSA) is 84.9 Å². The van der Waals surface area contributed by atoms with E-state index in [4.69, 9.17) is 9.47 Å². The molecule has 0 saturated heterocycles. The Bertz CT molecular complexity index is 1010. The second kappa shape index (κ2) is 10.2. The zero-order valence-electron chi connectivity index (χ0n) is 19.2. The van der Waals surface area contributed by atoms with Gasteiger partial charge in [-0.3, -0.25) is 4.79 Å². The van der Waals surface area contributed by atoms with E-state index in [2.05, 4.69) is 12.2 Å². The summed E-state index contributed by atoms with van der Waals surface area (Å²) in [4.78, 5) is 41.0. The molecule has 0 radical (unpaired) electrons. The van der Waals surface area contributed by atoms with Crippen molar-refractivity contribution in [2.24, 2.45) is 5.92 Å². The summed E-state index contributed by atoms with van der Waals surface area (Å²) in [6.07, 6.45) is 1.61. The molecule has 32 heavy (non-hydrogen) atoms. The third-order valence-corrected chi connectivity index (χ3v) is 6.65. The molecule has 1 N–H and O–H groups in total. The van der Waals surface area contributed by atoms with Gasteiger partial charge in [-0.1, -0.05) is 13.0 Å². The van der Waals surface area contributed by atoms with E-state index >= 15 is 0 Å². The van der Waals surface area contributed by atoms with E-state index in [0.29, 0.717) is 22.0 Å². The Morgan fingerprint density at radius 3 is 2.69 bits per heavy atom. The van der Waals surface area contributed by atoms with Crippen molar-refractivity contribution in [1.29, 1.82) is 0 Å². The molecule has 3 rings (SSSR count). The lowest BCUT2D eigenvalue weighted by Gasteiger charge is -2.18. The molecule has 0 spiro atoms. The normalized spacial score (nSPS) is 16.0. The molecule has 1 aliphatic carbocycles. The van der Waals surface area contributed by atoms with E-state index in [1.165, 1.54) is 18.3 Å². The van der Waals surface area contributed by atoms with Crippen LogP contribution in [0.1, 0.15) is 58.3 Å². The van der Waals surface area contributed by atoms with Gasteiger partial charge >= 0.3 is 11.9 Å². The maximum atomic E-state index is 12.8. The number of nitrogens with zero attached hydrogens (tertiary/aromatic N) is 1. The van der Waals surface area contributed by atoms with Gasteiger partial charge in [-0.25, -0.2) is 9.59 Å². The molecule has 2 unspecified atom stereocenters. The van der Waals surface area contributed by atoms with Gasteiger partial charge < -0.3 is 19.7 Å². The Morgan fingerprint density at radius 2 is 2.00 bits per heavy atom. The Balaban J connectivity index is 1.75. The molecule has 2 atom stereocenters.